The Morgan fingerprint density at radius 3 is 2.73 bits per heavy atom. The van der Waals surface area contributed by atoms with E-state index in [1.165, 1.54) is 92.2 Å². The van der Waals surface area contributed by atoms with Crippen LogP contribution in [0.15, 0.2) is 60.2 Å². The van der Waals surface area contributed by atoms with Gasteiger partial charge in [0, 0.05) is 41.1 Å². The van der Waals surface area contributed by atoms with E-state index in [0.717, 1.165) is 38.9 Å². The van der Waals surface area contributed by atoms with Crippen molar-refractivity contribution in [1.29, 1.82) is 0 Å². The van der Waals surface area contributed by atoms with E-state index in [2.05, 4.69) is 74.7 Å². The maximum absolute atomic E-state index is 13.1. The van der Waals surface area contributed by atoms with E-state index in [1.54, 1.807) is 0 Å². The normalized spacial score (nSPS) is 41.0. The van der Waals surface area contributed by atoms with Gasteiger partial charge >= 0.3 is 0 Å². The predicted octanol–water partition coefficient (Wildman–Crippen LogP) is 6.04. The topological polar surface area (TPSA) is 54.5 Å². The number of rotatable bonds is 1. The molecule has 6 aliphatic rings. The van der Waals surface area contributed by atoms with Gasteiger partial charge in [-0.1, -0.05) is 48.6 Å². The number of aliphatic hydroxyl groups is 1. The van der Waals surface area contributed by atoms with Crippen molar-refractivity contribution in [3.05, 3.63) is 71.5 Å². The second-order valence-corrected chi connectivity index (χ2v) is 14.0. The Kier molecular flexibility index (Phi) is 6.78. The summed E-state index contributed by atoms with van der Waals surface area (Å²) in [6, 6.07) is 9.61. The lowest BCUT2D eigenvalue weighted by molar-refractivity contribution is -0.0984. The van der Waals surface area contributed by atoms with E-state index in [1.807, 2.05) is 0 Å². The molecule has 0 saturated carbocycles. The zero-order valence-corrected chi connectivity index (χ0v) is 24.7. The molecule has 0 amide bonds. The summed E-state index contributed by atoms with van der Waals surface area (Å²) in [6.07, 6.45) is 24.8. The number of benzene rings is 1. The van der Waals surface area contributed by atoms with Crippen LogP contribution in [-0.2, 0) is 6.42 Å². The Morgan fingerprint density at radius 2 is 1.78 bits per heavy atom. The van der Waals surface area contributed by atoms with Crippen molar-refractivity contribution in [3.8, 4) is 0 Å². The van der Waals surface area contributed by atoms with Crippen molar-refractivity contribution in [3.63, 3.8) is 0 Å². The summed E-state index contributed by atoms with van der Waals surface area (Å²) < 4.78 is 0. The summed E-state index contributed by atoms with van der Waals surface area (Å²) in [5.41, 5.74) is 4.80. The minimum absolute atomic E-state index is 0.0690. The number of fused-ring (bicyclic) bond motifs is 5. The number of para-hydroxylation sites is 1. The van der Waals surface area contributed by atoms with Gasteiger partial charge in [-0.05, 0) is 113 Å². The lowest BCUT2D eigenvalue weighted by atomic mass is 9.54. The molecule has 2 aromatic rings. The third-order valence-electron chi connectivity index (χ3n) is 11.7. The van der Waals surface area contributed by atoms with E-state index in [4.69, 9.17) is 0 Å². The highest BCUT2D eigenvalue weighted by Gasteiger charge is 2.66. The Balaban J connectivity index is 1.30. The van der Waals surface area contributed by atoms with Gasteiger partial charge in [-0.2, -0.15) is 0 Å². The molecule has 3 N–H and O–H groups in total. The van der Waals surface area contributed by atoms with Crippen molar-refractivity contribution in [1.82, 2.24) is 20.1 Å². The average molecular weight is 553 g/mol. The fourth-order valence-electron chi connectivity index (χ4n) is 10.2. The van der Waals surface area contributed by atoms with Crippen molar-refractivity contribution < 1.29 is 5.11 Å². The van der Waals surface area contributed by atoms with Crippen LogP contribution in [0.3, 0.4) is 0 Å². The summed E-state index contributed by atoms with van der Waals surface area (Å²) in [5, 5.41) is 18.5. The van der Waals surface area contributed by atoms with E-state index >= 15 is 0 Å². The molecule has 2 saturated heterocycles. The molecule has 1 aliphatic carbocycles. The van der Waals surface area contributed by atoms with E-state index in [-0.39, 0.29) is 17.5 Å². The van der Waals surface area contributed by atoms with Crippen LogP contribution in [0.25, 0.3) is 10.9 Å². The molecule has 3 bridgehead atoms. The molecule has 1 aromatic heterocycles. The maximum Gasteiger partial charge on any atom is 0.0994 e. The number of hydrogen-bond donors (Lipinski definition) is 3. The van der Waals surface area contributed by atoms with Crippen LogP contribution in [0, 0.1) is 11.3 Å². The van der Waals surface area contributed by atoms with Crippen LogP contribution in [0.5, 0.6) is 0 Å². The van der Waals surface area contributed by atoms with Crippen LogP contribution in [0.1, 0.15) is 81.5 Å². The average Bonchev–Trinajstić information content (AvgIpc) is 3.49. The van der Waals surface area contributed by atoms with Crippen molar-refractivity contribution in [2.24, 2.45) is 11.3 Å². The summed E-state index contributed by atoms with van der Waals surface area (Å²) in [4.78, 5) is 9.45. The van der Waals surface area contributed by atoms with Crippen molar-refractivity contribution in [2.75, 3.05) is 32.7 Å². The van der Waals surface area contributed by atoms with E-state index < -0.39 is 5.60 Å². The molecular formula is C36H48N4O. The van der Waals surface area contributed by atoms with Crippen LogP contribution in [-0.4, -0.2) is 70.3 Å². The minimum atomic E-state index is -0.833. The molecular weight excluding hydrogens is 504 g/mol. The quantitative estimate of drug-likeness (QED) is 0.378. The molecule has 1 aromatic carbocycles. The molecule has 6 heterocycles. The van der Waals surface area contributed by atoms with Crippen LogP contribution in [0.4, 0.5) is 0 Å². The standard InChI is InChI=1S/C36H48N4O/c41-36-18-10-4-1-2-5-11-20-39-22-17-30(35(25-39)23-26-13-7-3-6-12-21-40(26)34(35)36)29(24-36)32-33-28(16-19-37-32)27-14-8-9-15-31(27)38-33/h1,4,7-9,13-15,24,26,30,32,34,37-38,41H,2-3,5-6,10-12,16-23,25H2/b4-1+,13-7-/t26-,30-,32?,34+,35-,36-/m0/s1. The number of aromatic amines is 1. The summed E-state index contributed by atoms with van der Waals surface area (Å²) in [7, 11) is 0. The second kappa shape index (κ2) is 10.5. The Bertz CT molecular complexity index is 1370. The molecule has 5 heteroatoms. The molecule has 0 radical (unpaired) electrons. The van der Waals surface area contributed by atoms with Gasteiger partial charge in [-0.15, -0.1) is 0 Å². The Morgan fingerprint density at radius 1 is 0.927 bits per heavy atom. The van der Waals surface area contributed by atoms with Gasteiger partial charge in [-0.3, -0.25) is 4.90 Å². The number of hydrogen-bond acceptors (Lipinski definition) is 4. The summed E-state index contributed by atoms with van der Waals surface area (Å²) >= 11 is 0. The number of piperidine rings is 1. The molecule has 41 heavy (non-hydrogen) atoms. The number of allylic oxidation sites excluding steroid dienone is 3. The highest BCUT2D eigenvalue weighted by Crippen LogP contribution is 2.61. The predicted molar refractivity (Wildman–Crippen MR) is 167 cm³/mol. The third kappa shape index (κ3) is 4.33. The van der Waals surface area contributed by atoms with Gasteiger partial charge in [0.25, 0.3) is 0 Å². The van der Waals surface area contributed by atoms with E-state index in [9.17, 15) is 5.11 Å². The maximum atomic E-state index is 13.1. The number of aromatic nitrogens is 1. The highest BCUT2D eigenvalue weighted by atomic mass is 16.3. The van der Waals surface area contributed by atoms with Gasteiger partial charge in [0.1, 0.15) is 0 Å². The van der Waals surface area contributed by atoms with Gasteiger partial charge in [0.05, 0.1) is 17.7 Å². The van der Waals surface area contributed by atoms with Gasteiger partial charge in [-0.25, -0.2) is 0 Å². The lowest BCUT2D eigenvalue weighted by Gasteiger charge is -2.59. The summed E-state index contributed by atoms with van der Waals surface area (Å²) in [5.74, 6) is 0.487. The first-order chi connectivity index (χ1) is 20.2. The first-order valence-electron chi connectivity index (χ1n) is 16.7. The highest BCUT2D eigenvalue weighted by molar-refractivity contribution is 5.85. The molecule has 2 fully saturated rings. The number of H-pyrrole nitrogens is 1. The first kappa shape index (κ1) is 26.4. The molecule has 7 atom stereocenters. The van der Waals surface area contributed by atoms with Gasteiger partial charge in [0.2, 0.25) is 0 Å². The molecule has 5 nitrogen and oxygen atoms in total. The number of nitrogens with one attached hydrogen (secondary N) is 2. The number of nitrogens with zero attached hydrogens (tertiary/aromatic N) is 2. The monoisotopic (exact) mass is 552 g/mol. The van der Waals surface area contributed by atoms with Crippen LogP contribution in [0.2, 0.25) is 0 Å². The van der Waals surface area contributed by atoms with Crippen molar-refractivity contribution >= 4 is 10.9 Å². The second-order valence-electron chi connectivity index (χ2n) is 14.0. The molecule has 2 unspecified atom stereocenters. The molecule has 218 valence electrons. The minimum Gasteiger partial charge on any atom is -0.384 e. The Hall–Kier alpha value is -2.18. The lowest BCUT2D eigenvalue weighted by Crippen LogP contribution is -2.66. The van der Waals surface area contributed by atoms with Crippen LogP contribution < -0.4 is 5.32 Å². The van der Waals surface area contributed by atoms with Crippen LogP contribution >= 0.6 is 0 Å². The SMILES string of the molecule is O[C@]12C=C(C3NCCc4c3[nH]c3ccccc43)[C@@H]3CCN(CCCC/C=C/CC1)C[C@@]31C[C@@H]3/C=C\CCCCN3[C@H]12. The van der Waals surface area contributed by atoms with E-state index in [0.29, 0.717) is 12.0 Å². The van der Waals surface area contributed by atoms with Crippen molar-refractivity contribution in [2.45, 2.75) is 94.4 Å². The zero-order valence-electron chi connectivity index (χ0n) is 24.7. The molecule has 1 spiro atoms. The third-order valence-corrected chi connectivity index (χ3v) is 11.7. The summed E-state index contributed by atoms with van der Waals surface area (Å²) in [6.45, 7) is 5.61. The fourth-order valence-corrected chi connectivity index (χ4v) is 10.2. The van der Waals surface area contributed by atoms with Gasteiger partial charge < -0.3 is 20.3 Å². The largest absolute Gasteiger partial charge is 0.384 e. The molecule has 8 rings (SSSR count). The fraction of sp³-hybridized carbons (Fsp3) is 0.611. The Labute approximate surface area is 245 Å². The zero-order chi connectivity index (χ0) is 27.4. The van der Waals surface area contributed by atoms with Gasteiger partial charge in [0.15, 0.2) is 0 Å². The first-order valence-corrected chi connectivity index (χ1v) is 16.7. The smallest absolute Gasteiger partial charge is 0.0994 e. The molecule has 5 aliphatic heterocycles.